The highest BCUT2D eigenvalue weighted by Gasteiger charge is 2.28. The van der Waals surface area contributed by atoms with Gasteiger partial charge in [0.2, 0.25) is 5.91 Å². The minimum Gasteiger partial charge on any atom is -0.496 e. The molecule has 0 radical (unpaired) electrons. The standard InChI is InChI=1S/C31H32N4O7S/c1-18-7-3-6-10-27(18)43(39,40)35-30(37)19-11-13-22(26(15-19)41-2)28(29(32)36)24-17-33-25-14-12-20(16-23(24)25)34-31(38)42-21-8-4-5-9-21/h3,6-7,10-17,21,28,33H,4-5,8-9H2,1-2H3,(H2,32,36)(H,34,38)(H,35,37). The van der Waals surface area contributed by atoms with E-state index in [9.17, 15) is 22.8 Å². The van der Waals surface area contributed by atoms with E-state index in [0.717, 1.165) is 25.7 Å². The summed E-state index contributed by atoms with van der Waals surface area (Å²) >= 11 is 0. The van der Waals surface area contributed by atoms with E-state index in [1.54, 1.807) is 49.5 Å². The van der Waals surface area contributed by atoms with Gasteiger partial charge in [-0.05, 0) is 80.1 Å². The smallest absolute Gasteiger partial charge is 0.411 e. The SMILES string of the molecule is COc1cc(C(=O)NS(=O)(=O)c2ccccc2C)ccc1C(C(N)=O)c1c[nH]c2ccc(NC(=O)OC3CCCC3)cc12. The molecule has 1 atom stereocenters. The lowest BCUT2D eigenvalue weighted by atomic mass is 9.89. The molecule has 0 saturated heterocycles. The van der Waals surface area contributed by atoms with Crippen LogP contribution in [-0.2, 0) is 19.6 Å². The van der Waals surface area contributed by atoms with Gasteiger partial charge in [0.05, 0.1) is 17.9 Å². The summed E-state index contributed by atoms with van der Waals surface area (Å²) in [4.78, 5) is 41.4. The number of benzene rings is 3. The average molecular weight is 605 g/mol. The first kappa shape index (κ1) is 29.6. The molecule has 1 saturated carbocycles. The third-order valence-electron chi connectivity index (χ3n) is 7.55. The van der Waals surface area contributed by atoms with Crippen LogP contribution in [0, 0.1) is 6.92 Å². The largest absolute Gasteiger partial charge is 0.496 e. The van der Waals surface area contributed by atoms with Crippen molar-refractivity contribution in [1.82, 2.24) is 9.71 Å². The molecule has 5 N–H and O–H groups in total. The molecule has 3 aromatic carbocycles. The minimum atomic E-state index is -4.13. The number of aromatic nitrogens is 1. The van der Waals surface area contributed by atoms with Crippen molar-refractivity contribution in [3.63, 3.8) is 0 Å². The molecule has 11 nitrogen and oxygen atoms in total. The third kappa shape index (κ3) is 6.33. The Bertz CT molecular complexity index is 1810. The van der Waals surface area contributed by atoms with Crippen LogP contribution in [0.3, 0.4) is 0 Å². The van der Waals surface area contributed by atoms with Gasteiger partial charge in [-0.3, -0.25) is 14.9 Å². The summed E-state index contributed by atoms with van der Waals surface area (Å²) in [6, 6.07) is 15.8. The summed E-state index contributed by atoms with van der Waals surface area (Å²) in [6.07, 6.45) is 4.77. The van der Waals surface area contributed by atoms with E-state index in [0.29, 0.717) is 33.3 Å². The van der Waals surface area contributed by atoms with Gasteiger partial charge in [-0.25, -0.2) is 17.9 Å². The minimum absolute atomic E-state index is 0.00664. The number of fused-ring (bicyclic) bond motifs is 1. The Morgan fingerprint density at radius 1 is 1.00 bits per heavy atom. The average Bonchev–Trinajstić information content (AvgIpc) is 3.63. The van der Waals surface area contributed by atoms with Crippen LogP contribution >= 0.6 is 0 Å². The first-order valence-corrected chi connectivity index (χ1v) is 15.2. The molecule has 1 unspecified atom stereocenters. The number of carbonyl (C=O) groups is 3. The highest BCUT2D eigenvalue weighted by molar-refractivity contribution is 7.90. The number of hydrogen-bond acceptors (Lipinski definition) is 7. The quantitative estimate of drug-likeness (QED) is 0.214. The zero-order valence-corrected chi connectivity index (χ0v) is 24.5. The van der Waals surface area contributed by atoms with Crippen LogP contribution in [0.5, 0.6) is 5.75 Å². The second-order valence-corrected chi connectivity index (χ2v) is 12.1. The molecule has 1 aliphatic rings. The first-order chi connectivity index (χ1) is 20.6. The monoisotopic (exact) mass is 604 g/mol. The van der Waals surface area contributed by atoms with E-state index in [4.69, 9.17) is 15.2 Å². The molecule has 224 valence electrons. The fourth-order valence-corrected chi connectivity index (χ4v) is 6.64. The van der Waals surface area contributed by atoms with Crippen molar-refractivity contribution < 1.29 is 32.3 Å². The van der Waals surface area contributed by atoms with Crippen LogP contribution in [0.2, 0.25) is 0 Å². The van der Waals surface area contributed by atoms with Gasteiger partial charge >= 0.3 is 6.09 Å². The zero-order valence-electron chi connectivity index (χ0n) is 23.7. The Kier molecular flexibility index (Phi) is 8.40. The van der Waals surface area contributed by atoms with Gasteiger partial charge in [0.25, 0.3) is 15.9 Å². The summed E-state index contributed by atoms with van der Waals surface area (Å²) in [5, 5.41) is 3.39. The van der Waals surface area contributed by atoms with Gasteiger partial charge in [-0.1, -0.05) is 24.3 Å². The number of primary amides is 1. The molecule has 1 heterocycles. The number of aryl methyl sites for hydroxylation is 1. The highest BCUT2D eigenvalue weighted by Crippen LogP contribution is 2.37. The molecule has 0 aliphatic heterocycles. The number of nitrogens with one attached hydrogen (secondary N) is 3. The topological polar surface area (TPSA) is 170 Å². The van der Waals surface area contributed by atoms with Crippen molar-refractivity contribution in [2.45, 2.75) is 49.5 Å². The second-order valence-electron chi connectivity index (χ2n) is 10.4. The predicted molar refractivity (Wildman–Crippen MR) is 161 cm³/mol. The normalized spacial score (nSPS) is 14.3. The molecule has 0 spiro atoms. The van der Waals surface area contributed by atoms with Crippen LogP contribution in [0.1, 0.15) is 58.6 Å². The first-order valence-electron chi connectivity index (χ1n) is 13.8. The van der Waals surface area contributed by atoms with Crippen molar-refractivity contribution >= 4 is 44.5 Å². The van der Waals surface area contributed by atoms with Gasteiger partial charge < -0.3 is 20.2 Å². The van der Waals surface area contributed by atoms with Gasteiger partial charge in [0.15, 0.2) is 0 Å². The molecule has 1 aromatic heterocycles. The van der Waals surface area contributed by atoms with E-state index in [1.807, 2.05) is 0 Å². The van der Waals surface area contributed by atoms with Crippen LogP contribution in [0.15, 0.2) is 71.8 Å². The Morgan fingerprint density at radius 3 is 2.44 bits per heavy atom. The fourth-order valence-electron chi connectivity index (χ4n) is 5.42. The number of methoxy groups -OCH3 is 1. The van der Waals surface area contributed by atoms with Crippen LogP contribution in [0.25, 0.3) is 10.9 Å². The van der Waals surface area contributed by atoms with Gasteiger partial charge in [0.1, 0.15) is 11.9 Å². The molecule has 5 rings (SSSR count). The number of carbonyl (C=O) groups excluding carboxylic acids is 3. The number of amides is 3. The molecule has 0 bridgehead atoms. The molecule has 4 aromatic rings. The summed E-state index contributed by atoms with van der Waals surface area (Å²) < 4.78 is 38.8. The summed E-state index contributed by atoms with van der Waals surface area (Å²) in [5.74, 6) is -2.39. The zero-order chi connectivity index (χ0) is 30.7. The lowest BCUT2D eigenvalue weighted by Gasteiger charge is -2.18. The predicted octanol–water partition coefficient (Wildman–Crippen LogP) is 4.71. The molecule has 1 aliphatic carbocycles. The molecule has 1 fully saturated rings. The number of hydrogen-bond donors (Lipinski definition) is 4. The van der Waals surface area contributed by atoms with Crippen LogP contribution in [0.4, 0.5) is 10.5 Å². The van der Waals surface area contributed by atoms with Crippen molar-refractivity contribution in [3.8, 4) is 5.75 Å². The number of aromatic amines is 1. The van der Waals surface area contributed by atoms with E-state index < -0.39 is 33.8 Å². The van der Waals surface area contributed by atoms with E-state index in [1.165, 1.54) is 31.4 Å². The molecule has 3 amide bonds. The molecule has 43 heavy (non-hydrogen) atoms. The summed E-state index contributed by atoms with van der Waals surface area (Å²) in [7, 11) is -2.76. The van der Waals surface area contributed by atoms with Crippen molar-refractivity contribution in [1.29, 1.82) is 0 Å². The van der Waals surface area contributed by atoms with Crippen molar-refractivity contribution in [2.75, 3.05) is 12.4 Å². The fraction of sp³-hybridized carbons (Fsp3) is 0.258. The Labute approximate surface area is 248 Å². The maximum atomic E-state index is 13.0. The number of H-pyrrole nitrogens is 1. The van der Waals surface area contributed by atoms with Crippen molar-refractivity contribution in [3.05, 3.63) is 89.1 Å². The van der Waals surface area contributed by atoms with E-state index in [2.05, 4.69) is 15.0 Å². The summed E-state index contributed by atoms with van der Waals surface area (Å²) in [6.45, 7) is 1.63. The number of anilines is 1. The van der Waals surface area contributed by atoms with Crippen LogP contribution in [-0.4, -0.2) is 44.5 Å². The summed E-state index contributed by atoms with van der Waals surface area (Å²) in [5.41, 5.74) is 8.45. The number of rotatable bonds is 9. The van der Waals surface area contributed by atoms with E-state index >= 15 is 0 Å². The Hall–Kier alpha value is -4.84. The lowest BCUT2D eigenvalue weighted by molar-refractivity contribution is -0.118. The maximum absolute atomic E-state index is 13.0. The maximum Gasteiger partial charge on any atom is 0.411 e. The Balaban J connectivity index is 1.43. The Morgan fingerprint density at radius 2 is 1.74 bits per heavy atom. The molecular formula is C31H32N4O7S. The lowest BCUT2D eigenvalue weighted by Crippen LogP contribution is -2.31. The van der Waals surface area contributed by atoms with Gasteiger partial charge in [0, 0.05) is 33.9 Å². The van der Waals surface area contributed by atoms with E-state index in [-0.39, 0.29) is 22.3 Å². The second kappa shape index (κ2) is 12.2. The number of ether oxygens (including phenoxy) is 2. The van der Waals surface area contributed by atoms with Crippen LogP contribution < -0.4 is 20.5 Å². The molecule has 12 heteroatoms. The number of sulfonamides is 1. The van der Waals surface area contributed by atoms with Crippen molar-refractivity contribution in [2.24, 2.45) is 5.73 Å². The van der Waals surface area contributed by atoms with Gasteiger partial charge in [-0.2, -0.15) is 0 Å². The molecular weight excluding hydrogens is 572 g/mol. The van der Waals surface area contributed by atoms with Gasteiger partial charge in [-0.15, -0.1) is 0 Å². The third-order valence-corrected chi connectivity index (χ3v) is 9.04. The number of nitrogens with two attached hydrogens (primary N) is 1. The highest BCUT2D eigenvalue weighted by atomic mass is 32.2.